The van der Waals surface area contributed by atoms with E-state index in [1.165, 1.54) is 0 Å². The Morgan fingerprint density at radius 1 is 0.857 bits per heavy atom. The van der Waals surface area contributed by atoms with E-state index in [-0.39, 0.29) is 0 Å². The summed E-state index contributed by atoms with van der Waals surface area (Å²) in [6.45, 7) is 0.363. The third-order valence-corrected chi connectivity index (χ3v) is 3.86. The van der Waals surface area contributed by atoms with E-state index in [2.05, 4.69) is 0 Å². The highest BCUT2D eigenvalue weighted by Crippen LogP contribution is 2.35. The third kappa shape index (κ3) is 2.84. The van der Waals surface area contributed by atoms with Gasteiger partial charge < -0.3 is 10.5 Å². The average molecular weight is 318 g/mol. The van der Waals surface area contributed by atoms with Crippen LogP contribution in [0.25, 0.3) is 10.8 Å². The first kappa shape index (κ1) is 14.2. The van der Waals surface area contributed by atoms with E-state index in [9.17, 15) is 0 Å². The lowest BCUT2D eigenvalue weighted by atomic mass is 10.1. The van der Waals surface area contributed by atoms with Gasteiger partial charge in [0.05, 0.1) is 0 Å². The van der Waals surface area contributed by atoms with Crippen molar-refractivity contribution in [2.75, 3.05) is 0 Å². The summed E-state index contributed by atoms with van der Waals surface area (Å²) >= 11 is 12.2. The molecule has 0 aliphatic carbocycles. The van der Waals surface area contributed by atoms with Crippen LogP contribution in [-0.2, 0) is 6.54 Å². The van der Waals surface area contributed by atoms with Crippen LogP contribution in [0.15, 0.2) is 54.6 Å². The fourth-order valence-corrected chi connectivity index (χ4v) is 2.67. The first-order valence-electron chi connectivity index (χ1n) is 6.52. The molecule has 3 aromatic carbocycles. The lowest BCUT2D eigenvalue weighted by Crippen LogP contribution is -1.99. The highest BCUT2D eigenvalue weighted by atomic mass is 35.5. The molecule has 0 unspecified atom stereocenters. The van der Waals surface area contributed by atoms with Gasteiger partial charge in [-0.1, -0.05) is 47.5 Å². The summed E-state index contributed by atoms with van der Waals surface area (Å²) in [6, 6.07) is 17.0. The molecule has 0 bridgehead atoms. The molecular formula is C17H13Cl2NO. The summed E-state index contributed by atoms with van der Waals surface area (Å²) in [6.07, 6.45) is 0. The standard InChI is InChI=1S/C17H13Cl2NO/c18-12-5-7-16(11(9-12)10-20)21-17-8-6-15(19)13-3-1-2-4-14(13)17/h1-9H,10,20H2. The second-order valence-corrected chi connectivity index (χ2v) is 5.49. The quantitative estimate of drug-likeness (QED) is 0.702. The topological polar surface area (TPSA) is 35.2 Å². The van der Waals surface area contributed by atoms with Gasteiger partial charge in [0.15, 0.2) is 0 Å². The van der Waals surface area contributed by atoms with Gasteiger partial charge in [0.25, 0.3) is 0 Å². The highest BCUT2D eigenvalue weighted by Gasteiger charge is 2.09. The van der Waals surface area contributed by atoms with E-state index in [0.29, 0.717) is 22.3 Å². The van der Waals surface area contributed by atoms with Crippen LogP contribution in [0.5, 0.6) is 11.5 Å². The van der Waals surface area contributed by atoms with Crippen LogP contribution in [0.4, 0.5) is 0 Å². The fraction of sp³-hybridized carbons (Fsp3) is 0.0588. The van der Waals surface area contributed by atoms with Crippen LogP contribution in [0, 0.1) is 0 Å². The number of hydrogen-bond acceptors (Lipinski definition) is 2. The Morgan fingerprint density at radius 3 is 2.33 bits per heavy atom. The molecule has 106 valence electrons. The predicted molar refractivity (Wildman–Crippen MR) is 88.4 cm³/mol. The Labute approximate surface area is 133 Å². The van der Waals surface area contributed by atoms with Gasteiger partial charge in [-0.15, -0.1) is 0 Å². The van der Waals surface area contributed by atoms with E-state index in [0.717, 1.165) is 22.1 Å². The summed E-state index contributed by atoms with van der Waals surface area (Å²) in [5.74, 6) is 1.45. The van der Waals surface area contributed by atoms with Crippen LogP contribution < -0.4 is 10.5 Å². The minimum absolute atomic E-state index is 0.363. The molecule has 0 atom stereocenters. The number of rotatable bonds is 3. The Hall–Kier alpha value is -1.74. The second-order valence-electron chi connectivity index (χ2n) is 4.65. The number of nitrogens with two attached hydrogens (primary N) is 1. The molecule has 0 heterocycles. The minimum atomic E-state index is 0.363. The molecule has 21 heavy (non-hydrogen) atoms. The van der Waals surface area contributed by atoms with Crippen molar-refractivity contribution in [1.29, 1.82) is 0 Å². The monoisotopic (exact) mass is 317 g/mol. The number of benzene rings is 3. The summed E-state index contributed by atoms with van der Waals surface area (Å²) in [5.41, 5.74) is 6.61. The van der Waals surface area contributed by atoms with Crippen LogP contribution >= 0.6 is 23.2 Å². The van der Waals surface area contributed by atoms with Crippen LogP contribution in [0.3, 0.4) is 0 Å². The molecule has 0 aliphatic heterocycles. The molecule has 4 heteroatoms. The van der Waals surface area contributed by atoms with Crippen molar-refractivity contribution in [3.8, 4) is 11.5 Å². The molecule has 3 aromatic rings. The van der Waals surface area contributed by atoms with E-state index in [4.69, 9.17) is 33.7 Å². The van der Waals surface area contributed by atoms with Crippen molar-refractivity contribution in [2.24, 2.45) is 5.73 Å². The predicted octanol–water partition coefficient (Wildman–Crippen LogP) is 5.40. The lowest BCUT2D eigenvalue weighted by molar-refractivity contribution is 0.482. The van der Waals surface area contributed by atoms with Gasteiger partial charge in [0, 0.05) is 32.9 Å². The number of ether oxygens (including phenoxy) is 1. The van der Waals surface area contributed by atoms with E-state index in [1.54, 1.807) is 6.07 Å². The Bertz CT molecular complexity index is 802. The fourth-order valence-electron chi connectivity index (χ4n) is 2.25. The first-order chi connectivity index (χ1) is 10.2. The summed E-state index contributed by atoms with van der Waals surface area (Å²) in [5, 5.41) is 3.26. The second kappa shape index (κ2) is 5.94. The zero-order valence-corrected chi connectivity index (χ0v) is 12.7. The van der Waals surface area contributed by atoms with Gasteiger partial charge >= 0.3 is 0 Å². The maximum absolute atomic E-state index is 6.22. The molecule has 2 N–H and O–H groups in total. The normalized spacial score (nSPS) is 10.8. The SMILES string of the molecule is NCc1cc(Cl)ccc1Oc1ccc(Cl)c2ccccc12. The molecule has 0 aliphatic rings. The highest BCUT2D eigenvalue weighted by molar-refractivity contribution is 6.35. The molecule has 0 aromatic heterocycles. The Morgan fingerprint density at radius 2 is 1.57 bits per heavy atom. The van der Waals surface area contributed by atoms with Crippen molar-refractivity contribution in [2.45, 2.75) is 6.54 Å². The van der Waals surface area contributed by atoms with Crippen molar-refractivity contribution in [3.05, 3.63) is 70.2 Å². The van der Waals surface area contributed by atoms with Gasteiger partial charge in [0.1, 0.15) is 11.5 Å². The van der Waals surface area contributed by atoms with E-state index < -0.39 is 0 Å². The smallest absolute Gasteiger partial charge is 0.135 e. The van der Waals surface area contributed by atoms with Gasteiger partial charge in [-0.3, -0.25) is 0 Å². The third-order valence-electron chi connectivity index (χ3n) is 3.29. The largest absolute Gasteiger partial charge is 0.456 e. The molecule has 0 saturated carbocycles. The van der Waals surface area contributed by atoms with Crippen molar-refractivity contribution < 1.29 is 4.74 Å². The Kier molecular flexibility index (Phi) is 4.02. The first-order valence-corrected chi connectivity index (χ1v) is 7.28. The zero-order chi connectivity index (χ0) is 14.8. The van der Waals surface area contributed by atoms with Gasteiger partial charge in [0.2, 0.25) is 0 Å². The van der Waals surface area contributed by atoms with Gasteiger partial charge in [-0.25, -0.2) is 0 Å². The van der Waals surface area contributed by atoms with Crippen LogP contribution in [0.1, 0.15) is 5.56 Å². The molecule has 0 saturated heterocycles. The van der Waals surface area contributed by atoms with Crippen molar-refractivity contribution >= 4 is 34.0 Å². The summed E-state index contributed by atoms with van der Waals surface area (Å²) in [7, 11) is 0. The molecule has 3 rings (SSSR count). The van der Waals surface area contributed by atoms with E-state index >= 15 is 0 Å². The molecule has 0 amide bonds. The zero-order valence-electron chi connectivity index (χ0n) is 11.1. The maximum atomic E-state index is 6.22. The number of fused-ring (bicyclic) bond motifs is 1. The van der Waals surface area contributed by atoms with Gasteiger partial charge in [-0.05, 0) is 30.3 Å². The van der Waals surface area contributed by atoms with Crippen LogP contribution in [0.2, 0.25) is 10.0 Å². The number of halogens is 2. The molecule has 0 spiro atoms. The lowest BCUT2D eigenvalue weighted by Gasteiger charge is -2.13. The maximum Gasteiger partial charge on any atom is 0.135 e. The van der Waals surface area contributed by atoms with Crippen molar-refractivity contribution in [3.63, 3.8) is 0 Å². The Balaban J connectivity index is 2.09. The van der Waals surface area contributed by atoms with Crippen molar-refractivity contribution in [1.82, 2.24) is 0 Å². The average Bonchev–Trinajstić information content (AvgIpc) is 2.52. The van der Waals surface area contributed by atoms with E-state index in [1.807, 2.05) is 48.5 Å². The van der Waals surface area contributed by atoms with Crippen LogP contribution in [-0.4, -0.2) is 0 Å². The summed E-state index contributed by atoms with van der Waals surface area (Å²) in [4.78, 5) is 0. The summed E-state index contributed by atoms with van der Waals surface area (Å²) < 4.78 is 6.03. The number of hydrogen-bond donors (Lipinski definition) is 1. The molecule has 0 radical (unpaired) electrons. The minimum Gasteiger partial charge on any atom is -0.456 e. The molecular weight excluding hydrogens is 305 g/mol. The van der Waals surface area contributed by atoms with Gasteiger partial charge in [-0.2, -0.15) is 0 Å². The molecule has 0 fully saturated rings. The molecule has 2 nitrogen and oxygen atoms in total.